The first-order valence-electron chi connectivity index (χ1n) is 12.7. The number of carboxylic acids is 1. The van der Waals surface area contributed by atoms with Gasteiger partial charge in [-0.1, -0.05) is 57.2 Å². The minimum atomic E-state index is -1.04. The number of hydrogen-bond acceptors (Lipinski definition) is 5. The molecule has 0 amide bonds. The fourth-order valence-electron chi connectivity index (χ4n) is 5.22. The monoisotopic (exact) mass is 474 g/mol. The van der Waals surface area contributed by atoms with Crippen molar-refractivity contribution in [1.29, 1.82) is 0 Å². The zero-order valence-corrected chi connectivity index (χ0v) is 21.1. The molecule has 0 aromatic rings. The molecule has 2 aliphatic heterocycles. The van der Waals surface area contributed by atoms with Gasteiger partial charge in [-0.05, 0) is 61.5 Å². The molecule has 6 heteroatoms. The fourth-order valence-corrected chi connectivity index (χ4v) is 5.22. The van der Waals surface area contributed by atoms with Gasteiger partial charge in [0.05, 0.1) is 30.8 Å². The molecule has 2 fully saturated rings. The predicted octanol–water partition coefficient (Wildman–Crippen LogP) is 4.43. The quantitative estimate of drug-likeness (QED) is 0.428. The molecule has 0 aromatic carbocycles. The number of hydrogen-bond donors (Lipinski definition) is 3. The zero-order chi connectivity index (χ0) is 25.0. The van der Waals surface area contributed by atoms with E-state index in [9.17, 15) is 15.0 Å². The molecule has 10 atom stereocenters. The standard InChI is InChI=1S/C28H42O6/c1-6-24-17(3)8-11-25(34-24)18(4)13-16(2)7-9-21-19(5)22(21)10-12-26-28(32)23(29)14-20(33-26)15-27(30)31/h7-10,12-13,16,19-26,28-29,32H,6,11,14-15H2,1-5H3,(H,30,31)/b9-7+,12-10+,18-13+. The smallest absolute Gasteiger partial charge is 0.305 e. The summed E-state index contributed by atoms with van der Waals surface area (Å²) in [6.45, 7) is 10.9. The normalized spacial score (nSPS) is 39.9. The van der Waals surface area contributed by atoms with Crippen LogP contribution in [-0.2, 0) is 14.3 Å². The molecule has 6 nitrogen and oxygen atoms in total. The summed E-state index contributed by atoms with van der Waals surface area (Å²) in [7, 11) is 0. The number of aliphatic carboxylic acids is 1. The van der Waals surface area contributed by atoms with E-state index in [0.717, 1.165) is 12.8 Å². The van der Waals surface area contributed by atoms with Gasteiger partial charge < -0.3 is 24.8 Å². The second-order valence-corrected chi connectivity index (χ2v) is 10.4. The highest BCUT2D eigenvalue weighted by atomic mass is 16.5. The number of aliphatic hydroxyl groups is 2. The van der Waals surface area contributed by atoms with Crippen LogP contribution in [-0.4, -0.2) is 57.9 Å². The first kappa shape index (κ1) is 26.9. The van der Waals surface area contributed by atoms with E-state index in [-0.39, 0.29) is 25.0 Å². The summed E-state index contributed by atoms with van der Waals surface area (Å²) in [5.74, 6) is 0.603. The fraction of sp³-hybridized carbons (Fsp3) is 0.679. The number of ether oxygens (including phenoxy) is 2. The molecule has 0 radical (unpaired) electrons. The van der Waals surface area contributed by atoms with Crippen molar-refractivity contribution in [3.63, 3.8) is 0 Å². The van der Waals surface area contributed by atoms with Crippen molar-refractivity contribution in [1.82, 2.24) is 0 Å². The van der Waals surface area contributed by atoms with E-state index in [0.29, 0.717) is 23.7 Å². The van der Waals surface area contributed by atoms with E-state index < -0.39 is 30.4 Å². The number of rotatable bonds is 9. The lowest BCUT2D eigenvalue weighted by Gasteiger charge is -2.35. The molecule has 190 valence electrons. The van der Waals surface area contributed by atoms with Crippen molar-refractivity contribution in [2.75, 3.05) is 0 Å². The summed E-state index contributed by atoms with van der Waals surface area (Å²) >= 11 is 0. The van der Waals surface area contributed by atoms with Gasteiger partial charge in [0.15, 0.2) is 0 Å². The Hall–Kier alpha value is -1.73. The summed E-state index contributed by atoms with van der Waals surface area (Å²) < 4.78 is 12.0. The highest BCUT2D eigenvalue weighted by molar-refractivity contribution is 5.67. The van der Waals surface area contributed by atoms with E-state index in [4.69, 9.17) is 14.6 Å². The van der Waals surface area contributed by atoms with Gasteiger partial charge in [0.1, 0.15) is 12.2 Å². The Morgan fingerprint density at radius 1 is 1.21 bits per heavy atom. The Bertz CT molecular complexity index is 827. The number of carboxylic acid groups (broad SMARTS) is 1. The number of carbonyl (C=O) groups is 1. The SMILES string of the molecule is CCC1OC(/C(C)=C/C(C)/C=C/C2C(C)C2/C=C/C2OC(CC(=O)O)CC(O)C2O)CC=C1C. The lowest BCUT2D eigenvalue weighted by molar-refractivity contribution is -0.163. The van der Waals surface area contributed by atoms with Crippen LogP contribution >= 0.6 is 0 Å². The maximum absolute atomic E-state index is 11.0. The second kappa shape index (κ2) is 11.8. The van der Waals surface area contributed by atoms with Crippen molar-refractivity contribution in [3.8, 4) is 0 Å². The Kier molecular flexibility index (Phi) is 9.33. The van der Waals surface area contributed by atoms with Crippen LogP contribution in [0.15, 0.2) is 47.6 Å². The van der Waals surface area contributed by atoms with E-state index in [1.54, 1.807) is 6.08 Å². The van der Waals surface area contributed by atoms with Gasteiger partial charge in [0, 0.05) is 6.42 Å². The van der Waals surface area contributed by atoms with Crippen LogP contribution in [0.4, 0.5) is 0 Å². The van der Waals surface area contributed by atoms with Crippen LogP contribution in [0.5, 0.6) is 0 Å². The predicted molar refractivity (Wildman–Crippen MR) is 132 cm³/mol. The second-order valence-electron chi connectivity index (χ2n) is 10.4. The van der Waals surface area contributed by atoms with Gasteiger partial charge >= 0.3 is 5.97 Å². The minimum absolute atomic E-state index is 0.134. The maximum Gasteiger partial charge on any atom is 0.305 e. The Morgan fingerprint density at radius 3 is 2.59 bits per heavy atom. The number of allylic oxidation sites excluding steroid dienone is 4. The molecule has 10 unspecified atom stereocenters. The molecule has 3 aliphatic rings. The first-order chi connectivity index (χ1) is 16.1. The molecule has 3 N–H and O–H groups in total. The van der Waals surface area contributed by atoms with Crippen LogP contribution in [0.3, 0.4) is 0 Å². The molecular weight excluding hydrogens is 432 g/mol. The molecule has 3 rings (SSSR count). The molecule has 1 aliphatic carbocycles. The molecule has 34 heavy (non-hydrogen) atoms. The van der Waals surface area contributed by atoms with Gasteiger partial charge in [-0.3, -0.25) is 4.79 Å². The summed E-state index contributed by atoms with van der Waals surface area (Å²) in [6.07, 6.45) is 11.9. The summed E-state index contributed by atoms with van der Waals surface area (Å²) in [6, 6.07) is 0. The van der Waals surface area contributed by atoms with Gasteiger partial charge in [-0.15, -0.1) is 0 Å². The van der Waals surface area contributed by atoms with Crippen molar-refractivity contribution in [2.45, 2.75) is 96.9 Å². The van der Waals surface area contributed by atoms with Crippen molar-refractivity contribution < 1.29 is 29.6 Å². The Labute approximate surface area is 204 Å². The lowest BCUT2D eigenvalue weighted by atomic mass is 9.95. The summed E-state index contributed by atoms with van der Waals surface area (Å²) in [5, 5.41) is 29.3. The van der Waals surface area contributed by atoms with Crippen LogP contribution in [0.25, 0.3) is 0 Å². The van der Waals surface area contributed by atoms with E-state index in [2.05, 4.69) is 58.9 Å². The number of aliphatic hydroxyl groups excluding tert-OH is 2. The third-order valence-electron chi connectivity index (χ3n) is 7.56. The van der Waals surface area contributed by atoms with Gasteiger partial charge in [0.25, 0.3) is 0 Å². The van der Waals surface area contributed by atoms with Crippen LogP contribution in [0, 0.1) is 23.7 Å². The Morgan fingerprint density at radius 2 is 1.91 bits per heavy atom. The third-order valence-corrected chi connectivity index (χ3v) is 7.56. The molecule has 0 aromatic heterocycles. The van der Waals surface area contributed by atoms with Crippen molar-refractivity contribution >= 4 is 5.97 Å². The van der Waals surface area contributed by atoms with E-state index >= 15 is 0 Å². The Balaban J connectivity index is 1.53. The highest BCUT2D eigenvalue weighted by Gasteiger charge is 2.43. The highest BCUT2D eigenvalue weighted by Crippen LogP contribution is 2.48. The summed E-state index contributed by atoms with van der Waals surface area (Å²) in [4.78, 5) is 11.0. The first-order valence-corrected chi connectivity index (χ1v) is 12.7. The minimum Gasteiger partial charge on any atom is -0.481 e. The van der Waals surface area contributed by atoms with Crippen LogP contribution in [0.2, 0.25) is 0 Å². The van der Waals surface area contributed by atoms with Gasteiger partial charge in [0.2, 0.25) is 0 Å². The topological polar surface area (TPSA) is 96.2 Å². The van der Waals surface area contributed by atoms with Crippen LogP contribution in [0.1, 0.15) is 60.3 Å². The van der Waals surface area contributed by atoms with Crippen molar-refractivity contribution in [2.24, 2.45) is 23.7 Å². The molecule has 0 spiro atoms. The maximum atomic E-state index is 11.0. The lowest BCUT2D eigenvalue weighted by Crippen LogP contribution is -2.47. The van der Waals surface area contributed by atoms with Crippen molar-refractivity contribution in [3.05, 3.63) is 47.6 Å². The largest absolute Gasteiger partial charge is 0.481 e. The van der Waals surface area contributed by atoms with E-state index in [1.165, 1.54) is 11.1 Å². The summed E-state index contributed by atoms with van der Waals surface area (Å²) in [5.41, 5.74) is 2.61. The average Bonchev–Trinajstić information content (AvgIpc) is 3.40. The molecule has 1 saturated heterocycles. The molecule has 0 bridgehead atoms. The molecule has 2 heterocycles. The van der Waals surface area contributed by atoms with Gasteiger partial charge in [-0.2, -0.15) is 0 Å². The van der Waals surface area contributed by atoms with E-state index in [1.807, 2.05) is 6.08 Å². The molecule has 1 saturated carbocycles. The molecular formula is C28H42O6. The zero-order valence-electron chi connectivity index (χ0n) is 21.1. The average molecular weight is 475 g/mol. The third kappa shape index (κ3) is 6.91. The van der Waals surface area contributed by atoms with Gasteiger partial charge in [-0.25, -0.2) is 0 Å². The van der Waals surface area contributed by atoms with Crippen LogP contribution < -0.4 is 0 Å².